The lowest BCUT2D eigenvalue weighted by atomic mass is 10.2. The number of hydrogen-bond donors (Lipinski definition) is 1. The maximum absolute atomic E-state index is 5.65. The molecule has 0 spiro atoms. The van der Waals surface area contributed by atoms with Crippen molar-refractivity contribution in [2.45, 2.75) is 40.7 Å². The smallest absolute Gasteiger partial charge is 0.213 e. The van der Waals surface area contributed by atoms with E-state index in [1.54, 1.807) is 0 Å². The van der Waals surface area contributed by atoms with Crippen LogP contribution in [0.15, 0.2) is 12.1 Å². The molecule has 1 aromatic heterocycles. The fourth-order valence-corrected chi connectivity index (χ4v) is 1.82. The van der Waals surface area contributed by atoms with Gasteiger partial charge in [-0.15, -0.1) is 0 Å². The average Bonchev–Trinajstić information content (AvgIpc) is 2.38. The molecule has 0 atom stereocenters. The number of nitrogens with zero attached hydrogens (tertiary/aromatic N) is 1. The Morgan fingerprint density at radius 1 is 1.25 bits per heavy atom. The highest BCUT2D eigenvalue weighted by Crippen LogP contribution is 2.12. The van der Waals surface area contributed by atoms with Crippen LogP contribution in [0.2, 0.25) is 0 Å². The molecule has 0 aliphatic heterocycles. The minimum atomic E-state index is 0.547. The van der Waals surface area contributed by atoms with Gasteiger partial charge in [0.2, 0.25) is 5.88 Å². The van der Waals surface area contributed by atoms with Gasteiger partial charge in [0.15, 0.2) is 0 Å². The Kier molecular flexibility index (Phi) is 8.23. The number of hydrogen-bond acceptors (Lipinski definition) is 4. The Bertz CT molecular complexity index is 381. The summed E-state index contributed by atoms with van der Waals surface area (Å²) < 4.78 is 11.1. The molecular formula is C16H28N2O2. The van der Waals surface area contributed by atoms with Gasteiger partial charge in [0.05, 0.1) is 6.61 Å². The molecule has 20 heavy (non-hydrogen) atoms. The molecule has 1 rings (SSSR count). The number of aromatic nitrogens is 1. The van der Waals surface area contributed by atoms with Crippen LogP contribution in [0.4, 0.5) is 0 Å². The van der Waals surface area contributed by atoms with E-state index in [9.17, 15) is 0 Å². The number of ether oxygens (including phenoxy) is 2. The van der Waals surface area contributed by atoms with Gasteiger partial charge in [-0.1, -0.05) is 20.8 Å². The number of aryl methyl sites for hydroxylation is 1. The van der Waals surface area contributed by atoms with Crippen LogP contribution in [0.1, 0.15) is 38.4 Å². The highest BCUT2D eigenvalue weighted by molar-refractivity contribution is 5.24. The van der Waals surface area contributed by atoms with Crippen molar-refractivity contribution in [3.05, 3.63) is 23.4 Å². The molecule has 1 aromatic rings. The van der Waals surface area contributed by atoms with E-state index < -0.39 is 0 Å². The van der Waals surface area contributed by atoms with Gasteiger partial charge in [-0.05, 0) is 37.4 Å². The van der Waals surface area contributed by atoms with E-state index >= 15 is 0 Å². The first-order chi connectivity index (χ1) is 9.61. The van der Waals surface area contributed by atoms with Crippen LogP contribution in [-0.2, 0) is 11.3 Å². The maximum atomic E-state index is 5.65. The topological polar surface area (TPSA) is 43.4 Å². The number of rotatable bonds is 10. The molecule has 0 saturated heterocycles. The maximum Gasteiger partial charge on any atom is 0.213 e. The lowest BCUT2D eigenvalue weighted by molar-refractivity contribution is 0.0805. The summed E-state index contributed by atoms with van der Waals surface area (Å²) in [5, 5.41) is 3.39. The minimum Gasteiger partial charge on any atom is -0.475 e. The van der Waals surface area contributed by atoms with Crippen molar-refractivity contribution in [2.75, 3.05) is 26.4 Å². The molecular weight excluding hydrogens is 252 g/mol. The third-order valence-electron chi connectivity index (χ3n) is 2.67. The van der Waals surface area contributed by atoms with Crippen molar-refractivity contribution in [2.24, 2.45) is 5.92 Å². The fraction of sp³-hybridized carbons (Fsp3) is 0.688. The van der Waals surface area contributed by atoms with Gasteiger partial charge in [0.1, 0.15) is 6.61 Å². The predicted octanol–water partition coefficient (Wildman–Crippen LogP) is 2.94. The summed E-state index contributed by atoms with van der Waals surface area (Å²) in [7, 11) is 0. The van der Waals surface area contributed by atoms with Crippen molar-refractivity contribution in [1.29, 1.82) is 0 Å². The zero-order valence-corrected chi connectivity index (χ0v) is 13.2. The Hall–Kier alpha value is -1.13. The number of pyridine rings is 1. The highest BCUT2D eigenvalue weighted by atomic mass is 16.5. The predicted molar refractivity (Wildman–Crippen MR) is 82.1 cm³/mol. The van der Waals surface area contributed by atoms with Crippen LogP contribution in [0.5, 0.6) is 5.88 Å². The van der Waals surface area contributed by atoms with Gasteiger partial charge < -0.3 is 14.8 Å². The molecule has 0 fully saturated rings. The van der Waals surface area contributed by atoms with Gasteiger partial charge in [-0.2, -0.15) is 0 Å². The van der Waals surface area contributed by atoms with E-state index in [0.29, 0.717) is 25.0 Å². The largest absolute Gasteiger partial charge is 0.475 e. The highest BCUT2D eigenvalue weighted by Gasteiger charge is 2.02. The quantitative estimate of drug-likeness (QED) is 0.669. The molecule has 0 amide bonds. The van der Waals surface area contributed by atoms with Crippen molar-refractivity contribution < 1.29 is 9.47 Å². The second-order valence-corrected chi connectivity index (χ2v) is 5.45. The Labute approximate surface area is 122 Å². The molecule has 0 bridgehead atoms. The van der Waals surface area contributed by atoms with Gasteiger partial charge in [-0.3, -0.25) is 0 Å². The summed E-state index contributed by atoms with van der Waals surface area (Å²) in [5.41, 5.74) is 2.20. The zero-order chi connectivity index (χ0) is 14.8. The summed E-state index contributed by atoms with van der Waals surface area (Å²) in [6, 6.07) is 4.09. The molecule has 114 valence electrons. The van der Waals surface area contributed by atoms with Crippen molar-refractivity contribution in [3.8, 4) is 5.88 Å². The average molecular weight is 280 g/mol. The van der Waals surface area contributed by atoms with E-state index in [4.69, 9.17) is 9.47 Å². The second kappa shape index (κ2) is 9.72. The number of nitrogens with one attached hydrogen (secondary N) is 1. The summed E-state index contributed by atoms with van der Waals surface area (Å²) in [5.74, 6) is 1.25. The van der Waals surface area contributed by atoms with Crippen LogP contribution in [0, 0.1) is 12.8 Å². The molecule has 0 aliphatic carbocycles. The van der Waals surface area contributed by atoms with Crippen molar-refractivity contribution >= 4 is 0 Å². The Balaban J connectivity index is 2.37. The first kappa shape index (κ1) is 16.9. The molecule has 0 aliphatic rings. The minimum absolute atomic E-state index is 0.547. The molecule has 1 N–H and O–H groups in total. The van der Waals surface area contributed by atoms with Crippen molar-refractivity contribution in [1.82, 2.24) is 10.3 Å². The van der Waals surface area contributed by atoms with Crippen LogP contribution >= 0.6 is 0 Å². The third kappa shape index (κ3) is 7.46. The van der Waals surface area contributed by atoms with E-state index in [-0.39, 0.29) is 0 Å². The van der Waals surface area contributed by atoms with Gasteiger partial charge >= 0.3 is 0 Å². The van der Waals surface area contributed by atoms with Crippen molar-refractivity contribution in [3.63, 3.8) is 0 Å². The Morgan fingerprint density at radius 3 is 2.75 bits per heavy atom. The Morgan fingerprint density at radius 2 is 2.05 bits per heavy atom. The summed E-state index contributed by atoms with van der Waals surface area (Å²) >= 11 is 0. The molecule has 4 nitrogen and oxygen atoms in total. The summed E-state index contributed by atoms with van der Waals surface area (Å²) in [6.45, 7) is 12.2. The monoisotopic (exact) mass is 280 g/mol. The van der Waals surface area contributed by atoms with Gasteiger partial charge in [0.25, 0.3) is 0 Å². The normalized spacial score (nSPS) is 11.1. The van der Waals surface area contributed by atoms with E-state index in [2.05, 4.69) is 37.1 Å². The summed E-state index contributed by atoms with van der Waals surface area (Å²) in [4.78, 5) is 4.39. The first-order valence-electron chi connectivity index (χ1n) is 7.50. The molecule has 4 heteroatoms. The van der Waals surface area contributed by atoms with E-state index in [0.717, 1.165) is 31.8 Å². The van der Waals surface area contributed by atoms with Crippen LogP contribution in [-0.4, -0.2) is 31.3 Å². The van der Waals surface area contributed by atoms with Gasteiger partial charge in [-0.25, -0.2) is 4.98 Å². The standard InChI is InChI=1S/C16H28N2O2/c1-5-6-17-11-15-9-14(4)18-16(10-15)20-8-7-19-12-13(2)3/h9-10,13,17H,5-8,11-12H2,1-4H3. The third-order valence-corrected chi connectivity index (χ3v) is 2.67. The van der Waals surface area contributed by atoms with Crippen LogP contribution in [0.3, 0.4) is 0 Å². The molecule has 0 unspecified atom stereocenters. The summed E-state index contributed by atoms with van der Waals surface area (Å²) in [6.07, 6.45) is 1.14. The van der Waals surface area contributed by atoms with Crippen LogP contribution in [0.25, 0.3) is 0 Å². The lowest BCUT2D eigenvalue weighted by Crippen LogP contribution is -2.15. The van der Waals surface area contributed by atoms with E-state index in [1.807, 2.05) is 13.0 Å². The van der Waals surface area contributed by atoms with Crippen LogP contribution < -0.4 is 10.1 Å². The SMILES string of the molecule is CCCNCc1cc(C)nc(OCCOCC(C)C)c1. The second-order valence-electron chi connectivity index (χ2n) is 5.45. The first-order valence-corrected chi connectivity index (χ1v) is 7.50. The van der Waals surface area contributed by atoms with E-state index in [1.165, 1.54) is 5.56 Å². The van der Waals surface area contributed by atoms with Gasteiger partial charge in [0, 0.05) is 24.9 Å². The zero-order valence-electron chi connectivity index (χ0n) is 13.2. The fourth-order valence-electron chi connectivity index (χ4n) is 1.82. The molecule has 0 radical (unpaired) electrons. The lowest BCUT2D eigenvalue weighted by Gasteiger charge is -2.10. The molecule has 0 saturated carbocycles. The molecule has 1 heterocycles. The molecule has 0 aromatic carbocycles.